The summed E-state index contributed by atoms with van der Waals surface area (Å²) < 4.78 is 22.2. The van der Waals surface area contributed by atoms with Crippen LogP contribution >= 0.6 is 0 Å². The van der Waals surface area contributed by atoms with Crippen molar-refractivity contribution in [3.05, 3.63) is 46.0 Å². The van der Waals surface area contributed by atoms with Gasteiger partial charge in [-0.3, -0.25) is 4.79 Å². The molecule has 0 amide bonds. The first-order valence-electron chi connectivity index (χ1n) is 15.1. The highest BCUT2D eigenvalue weighted by atomic mass is 16.7. The molecule has 12 nitrogen and oxygen atoms in total. The third-order valence-corrected chi connectivity index (χ3v) is 11.6. The fraction of sp³-hybridized carbons (Fsp3) is 0.742. The molecule has 1 aromatic heterocycles. The van der Waals surface area contributed by atoms with E-state index in [0.29, 0.717) is 38.5 Å². The lowest BCUT2D eigenvalue weighted by Gasteiger charge is -2.66. The molecule has 1 aromatic rings. The molecule has 1 saturated heterocycles. The molecule has 0 radical (unpaired) electrons. The van der Waals surface area contributed by atoms with Gasteiger partial charge in [0.2, 0.25) is 0 Å². The third kappa shape index (κ3) is 4.48. The molecule has 0 aromatic carbocycles. The molecule has 6 rings (SSSR count). The summed E-state index contributed by atoms with van der Waals surface area (Å²) in [6.45, 7) is 5.29. The molecule has 4 aliphatic carbocycles. The molecule has 3 saturated carbocycles. The lowest BCUT2D eigenvalue weighted by Crippen LogP contribution is -2.73. The smallest absolute Gasteiger partial charge is 0.335 e. The largest absolute Gasteiger partial charge is 0.458 e. The molecule has 5 aliphatic rings. The lowest BCUT2D eigenvalue weighted by molar-refractivity contribution is -0.346. The van der Waals surface area contributed by atoms with Crippen molar-refractivity contribution in [2.45, 2.75) is 126 Å². The molecular weight excluding hydrogens is 564 g/mol. The molecule has 238 valence electrons. The van der Waals surface area contributed by atoms with Crippen LogP contribution in [0.3, 0.4) is 0 Å². The summed E-state index contributed by atoms with van der Waals surface area (Å²) in [5.74, 6) is -1.07. The number of hydrogen-bond acceptors (Lipinski definition) is 12. The molecule has 6 N–H and O–H groups in total. The van der Waals surface area contributed by atoms with Gasteiger partial charge in [0.1, 0.15) is 30.0 Å². The summed E-state index contributed by atoms with van der Waals surface area (Å²) in [4.78, 5) is 24.0. The standard InChI is InChI=1S/C31H42O12/c1-15(32)41-20-13-30(38)21(8-10-29(3)18(7-11-31(29,30)39)16-4-5-22(33)40-14-16)28(2)9-6-17(12-19(20)28)42-27-25(36)23(34)24(35)26(37)43-27/h4-5,12,14,17-18,20-21,23-27,34-39H,6-11,13H2,1-3H3/t17-,18+,20+,21?,23-,24-,25+,26-,27+,28-,29+,30-,31+/m0/s1. The number of aliphatic hydroxyl groups excluding tert-OH is 4. The van der Waals surface area contributed by atoms with E-state index in [9.17, 15) is 40.2 Å². The Morgan fingerprint density at radius 3 is 2.40 bits per heavy atom. The van der Waals surface area contributed by atoms with Gasteiger partial charge in [-0.05, 0) is 73.0 Å². The Balaban J connectivity index is 1.34. The number of esters is 1. The molecule has 1 aliphatic heterocycles. The van der Waals surface area contributed by atoms with Crippen LogP contribution in [0.4, 0.5) is 0 Å². The van der Waals surface area contributed by atoms with Gasteiger partial charge in [-0.25, -0.2) is 4.79 Å². The molecule has 2 heterocycles. The summed E-state index contributed by atoms with van der Waals surface area (Å²) in [5.41, 5.74) is -3.45. The SMILES string of the molecule is CC(=O)O[C@@H]1C[C@]2(O)C(CC[C@]3(C)[C@@H](c4ccc(=O)oc4)CC[C@]23O)[C@@]2(C)CC[C@H](O[C@@H]3O[C@H](O)[C@@H](O)[C@H](O)[C@H]3O)C=C12. The molecule has 4 fully saturated rings. The maximum absolute atomic E-state index is 12.7. The Morgan fingerprint density at radius 1 is 0.977 bits per heavy atom. The molecule has 1 unspecified atom stereocenters. The zero-order valence-corrected chi connectivity index (χ0v) is 24.6. The maximum atomic E-state index is 12.7. The highest BCUT2D eigenvalue weighted by molar-refractivity contribution is 5.66. The highest BCUT2D eigenvalue weighted by Crippen LogP contribution is 2.71. The Bertz CT molecular complexity index is 1320. The molecule has 13 atom stereocenters. The first-order valence-corrected chi connectivity index (χ1v) is 15.1. The van der Waals surface area contributed by atoms with Crippen LogP contribution in [0.15, 0.2) is 39.3 Å². The number of ether oxygens (including phenoxy) is 3. The summed E-state index contributed by atoms with van der Waals surface area (Å²) in [6, 6.07) is 3.09. The zero-order chi connectivity index (χ0) is 31.1. The summed E-state index contributed by atoms with van der Waals surface area (Å²) >= 11 is 0. The molecule has 0 spiro atoms. The Hall–Kier alpha value is -2.16. The number of carbonyl (C=O) groups excluding carboxylic acids is 1. The number of hydrogen-bond donors (Lipinski definition) is 6. The Kier molecular flexibility index (Phi) is 7.50. The molecule has 12 heteroatoms. The second-order valence-electron chi connectivity index (χ2n) is 13.7. The van der Waals surface area contributed by atoms with Gasteiger partial charge >= 0.3 is 11.6 Å². The zero-order valence-electron chi connectivity index (χ0n) is 24.6. The second kappa shape index (κ2) is 10.4. The van der Waals surface area contributed by atoms with Crippen molar-refractivity contribution < 1.29 is 54.1 Å². The van der Waals surface area contributed by atoms with Gasteiger partial charge in [-0.2, -0.15) is 0 Å². The van der Waals surface area contributed by atoms with Crippen LogP contribution in [0.1, 0.15) is 77.2 Å². The summed E-state index contributed by atoms with van der Waals surface area (Å²) in [6.07, 6.45) is -3.42. The summed E-state index contributed by atoms with van der Waals surface area (Å²) in [5, 5.41) is 65.6. The van der Waals surface area contributed by atoms with E-state index < -0.39 is 76.7 Å². The fourth-order valence-electron chi connectivity index (χ4n) is 9.40. The van der Waals surface area contributed by atoms with Gasteiger partial charge in [0.15, 0.2) is 12.6 Å². The Morgan fingerprint density at radius 2 is 1.72 bits per heavy atom. The van der Waals surface area contributed by atoms with Gasteiger partial charge in [-0.15, -0.1) is 0 Å². The fourth-order valence-corrected chi connectivity index (χ4v) is 9.40. The normalized spacial score (nSPS) is 49.3. The van der Waals surface area contributed by atoms with E-state index in [1.807, 2.05) is 13.8 Å². The predicted molar refractivity (Wildman–Crippen MR) is 147 cm³/mol. The topological polar surface area (TPSA) is 196 Å². The van der Waals surface area contributed by atoms with Crippen molar-refractivity contribution in [3.63, 3.8) is 0 Å². The molecule has 0 bridgehead atoms. The average molecular weight is 607 g/mol. The van der Waals surface area contributed by atoms with Gasteiger partial charge in [0.25, 0.3) is 0 Å². The van der Waals surface area contributed by atoms with Crippen molar-refractivity contribution in [2.24, 2.45) is 16.7 Å². The van der Waals surface area contributed by atoms with Crippen LogP contribution in [0.25, 0.3) is 0 Å². The van der Waals surface area contributed by atoms with Crippen LogP contribution in [-0.4, -0.2) is 90.9 Å². The molecular formula is C31H42O12. The maximum Gasteiger partial charge on any atom is 0.335 e. The van der Waals surface area contributed by atoms with Crippen LogP contribution in [0.5, 0.6) is 0 Å². The highest BCUT2D eigenvalue weighted by Gasteiger charge is 2.75. The first-order chi connectivity index (χ1) is 20.1. The van der Waals surface area contributed by atoms with Crippen LogP contribution in [0, 0.1) is 16.7 Å². The van der Waals surface area contributed by atoms with Gasteiger partial charge in [0, 0.05) is 24.8 Å². The monoisotopic (exact) mass is 606 g/mol. The van der Waals surface area contributed by atoms with Crippen molar-refractivity contribution in [2.75, 3.05) is 0 Å². The van der Waals surface area contributed by atoms with Crippen LogP contribution in [0.2, 0.25) is 0 Å². The van der Waals surface area contributed by atoms with E-state index in [2.05, 4.69) is 0 Å². The van der Waals surface area contributed by atoms with Crippen LogP contribution in [-0.2, 0) is 19.0 Å². The number of rotatable bonds is 4. The van der Waals surface area contributed by atoms with E-state index >= 15 is 0 Å². The number of fused-ring (bicyclic) bond motifs is 5. The van der Waals surface area contributed by atoms with Crippen molar-refractivity contribution in [1.29, 1.82) is 0 Å². The average Bonchev–Trinajstić information content (AvgIpc) is 3.23. The van der Waals surface area contributed by atoms with E-state index in [1.165, 1.54) is 19.3 Å². The number of carbonyl (C=O) groups is 1. The van der Waals surface area contributed by atoms with Crippen molar-refractivity contribution >= 4 is 5.97 Å². The number of aliphatic hydroxyl groups is 6. The summed E-state index contributed by atoms with van der Waals surface area (Å²) in [7, 11) is 0. The minimum atomic E-state index is -1.75. The quantitative estimate of drug-likeness (QED) is 0.207. The second-order valence-corrected chi connectivity index (χ2v) is 13.7. The minimum Gasteiger partial charge on any atom is -0.458 e. The van der Waals surface area contributed by atoms with E-state index in [4.69, 9.17) is 18.6 Å². The minimum absolute atomic E-state index is 0.0275. The van der Waals surface area contributed by atoms with Gasteiger partial charge in [0.05, 0.1) is 18.0 Å². The van der Waals surface area contributed by atoms with Crippen LogP contribution < -0.4 is 5.63 Å². The van der Waals surface area contributed by atoms with Gasteiger partial charge < -0.3 is 49.3 Å². The Labute approximate surface area is 248 Å². The first kappa shape index (κ1) is 30.8. The van der Waals surface area contributed by atoms with Crippen molar-refractivity contribution in [3.8, 4) is 0 Å². The van der Waals surface area contributed by atoms with Gasteiger partial charge in [-0.1, -0.05) is 19.9 Å². The van der Waals surface area contributed by atoms with Crippen molar-refractivity contribution in [1.82, 2.24) is 0 Å². The third-order valence-electron chi connectivity index (χ3n) is 11.6. The predicted octanol–water partition coefficient (Wildman–Crippen LogP) is 0.600. The van der Waals surface area contributed by atoms with E-state index in [0.717, 1.165) is 11.1 Å². The van der Waals surface area contributed by atoms with E-state index in [-0.39, 0.29) is 18.3 Å². The molecule has 43 heavy (non-hydrogen) atoms. The van der Waals surface area contributed by atoms with E-state index in [1.54, 1.807) is 12.1 Å². The lowest BCUT2D eigenvalue weighted by atomic mass is 9.42.